The van der Waals surface area contributed by atoms with Gasteiger partial charge >= 0.3 is 0 Å². The third-order valence-electron chi connectivity index (χ3n) is 3.69. The molecule has 0 radical (unpaired) electrons. The van der Waals surface area contributed by atoms with Crippen LogP contribution in [0.2, 0.25) is 0 Å². The number of hydrogen-bond acceptors (Lipinski definition) is 5. The van der Waals surface area contributed by atoms with Gasteiger partial charge in [0.25, 0.3) is 5.91 Å². The van der Waals surface area contributed by atoms with E-state index in [-0.39, 0.29) is 24.3 Å². The quantitative estimate of drug-likeness (QED) is 0.384. The molecule has 1 aromatic carbocycles. The summed E-state index contributed by atoms with van der Waals surface area (Å²) in [5.74, 6) is -1.36. The molecule has 1 aromatic heterocycles. The molecule has 2 N–H and O–H groups in total. The molecule has 0 bridgehead atoms. The molecule has 3 amide bonds. The Labute approximate surface area is 135 Å². The first-order valence-electron chi connectivity index (χ1n) is 7.17. The lowest BCUT2D eigenvalue weighted by atomic mass is 10.0. The van der Waals surface area contributed by atoms with Crippen LogP contribution in [0.25, 0.3) is 21.3 Å². The van der Waals surface area contributed by atoms with Gasteiger partial charge in [-0.05, 0) is 24.1 Å². The van der Waals surface area contributed by atoms with Crippen molar-refractivity contribution in [1.82, 2.24) is 15.6 Å². The predicted molar refractivity (Wildman–Crippen MR) is 84.2 cm³/mol. The number of benzene rings is 1. The lowest BCUT2D eigenvalue weighted by molar-refractivity contribution is -0.134. The summed E-state index contributed by atoms with van der Waals surface area (Å²) in [5, 5.41) is 8.90. The van der Waals surface area contributed by atoms with Gasteiger partial charge in [0.15, 0.2) is 0 Å². The standard InChI is InChI=1S/C15H12N6O3/c16-21-20-10-6-7-17-13-8(10)2-1-3-9(13)14(23)18-11-4-5-12(22)19-15(11)24/h1-3,6-7,11H,4-5H2,(H,18,23)(H,19,22,24). The number of amides is 3. The Morgan fingerprint density at radius 2 is 2.21 bits per heavy atom. The second-order valence-corrected chi connectivity index (χ2v) is 5.20. The van der Waals surface area contributed by atoms with Gasteiger partial charge in [-0.25, -0.2) is 0 Å². The zero-order chi connectivity index (χ0) is 17.1. The second kappa shape index (κ2) is 6.35. The molecule has 1 saturated heterocycles. The fourth-order valence-corrected chi connectivity index (χ4v) is 2.55. The van der Waals surface area contributed by atoms with Crippen LogP contribution >= 0.6 is 0 Å². The number of pyridine rings is 1. The molecular formula is C15H12N6O3. The molecule has 24 heavy (non-hydrogen) atoms. The molecule has 1 atom stereocenters. The van der Waals surface area contributed by atoms with Crippen LogP contribution in [0.4, 0.5) is 5.69 Å². The number of rotatable bonds is 3. The van der Waals surface area contributed by atoms with Crippen molar-refractivity contribution in [1.29, 1.82) is 0 Å². The maximum Gasteiger partial charge on any atom is 0.254 e. The highest BCUT2D eigenvalue weighted by Crippen LogP contribution is 2.26. The summed E-state index contributed by atoms with van der Waals surface area (Å²) in [6.45, 7) is 0. The van der Waals surface area contributed by atoms with E-state index in [4.69, 9.17) is 5.53 Å². The van der Waals surface area contributed by atoms with Crippen LogP contribution in [0, 0.1) is 0 Å². The first-order chi connectivity index (χ1) is 11.6. The summed E-state index contributed by atoms with van der Waals surface area (Å²) in [7, 11) is 0. The minimum Gasteiger partial charge on any atom is -0.340 e. The van der Waals surface area contributed by atoms with Gasteiger partial charge in [-0.15, -0.1) is 0 Å². The first kappa shape index (κ1) is 15.4. The summed E-state index contributed by atoms with van der Waals surface area (Å²) in [6.07, 6.45) is 1.86. The van der Waals surface area contributed by atoms with Gasteiger partial charge in [-0.2, -0.15) is 0 Å². The van der Waals surface area contributed by atoms with E-state index in [2.05, 4.69) is 25.6 Å². The largest absolute Gasteiger partial charge is 0.340 e. The van der Waals surface area contributed by atoms with Gasteiger partial charge in [-0.3, -0.25) is 24.7 Å². The lowest BCUT2D eigenvalue weighted by Gasteiger charge is -2.22. The second-order valence-electron chi connectivity index (χ2n) is 5.20. The van der Waals surface area contributed by atoms with E-state index in [0.717, 1.165) is 0 Å². The number of carbonyl (C=O) groups excluding carboxylic acids is 3. The Morgan fingerprint density at radius 3 is 2.96 bits per heavy atom. The molecule has 3 rings (SSSR count). The third kappa shape index (κ3) is 2.88. The zero-order valence-electron chi connectivity index (χ0n) is 12.4. The smallest absolute Gasteiger partial charge is 0.254 e. The van der Waals surface area contributed by atoms with E-state index in [0.29, 0.717) is 16.6 Å². The van der Waals surface area contributed by atoms with Crippen LogP contribution in [0.5, 0.6) is 0 Å². The molecule has 120 valence electrons. The Kier molecular flexibility index (Phi) is 4.09. The Bertz CT molecular complexity index is 903. The number of carbonyl (C=O) groups is 3. The number of nitrogens with zero attached hydrogens (tertiary/aromatic N) is 4. The van der Waals surface area contributed by atoms with Crippen LogP contribution < -0.4 is 10.6 Å². The number of imide groups is 1. The SMILES string of the molecule is [N-]=[N+]=Nc1ccnc2c(C(=O)NC3CCC(=O)NC3=O)cccc12. The van der Waals surface area contributed by atoms with Gasteiger partial charge in [0.2, 0.25) is 11.8 Å². The first-order valence-corrected chi connectivity index (χ1v) is 7.17. The highest BCUT2D eigenvalue weighted by Gasteiger charge is 2.28. The summed E-state index contributed by atoms with van der Waals surface area (Å²) in [5.41, 5.74) is 9.60. The number of hydrogen-bond donors (Lipinski definition) is 2. The molecule has 2 aromatic rings. The minimum absolute atomic E-state index is 0.172. The van der Waals surface area contributed by atoms with Gasteiger partial charge in [0.1, 0.15) is 6.04 Å². The number of aromatic nitrogens is 1. The van der Waals surface area contributed by atoms with Crippen molar-refractivity contribution < 1.29 is 14.4 Å². The summed E-state index contributed by atoms with van der Waals surface area (Å²) in [4.78, 5) is 42.3. The number of nitrogens with one attached hydrogen (secondary N) is 2. The molecule has 1 aliphatic heterocycles. The maximum absolute atomic E-state index is 12.5. The van der Waals surface area contributed by atoms with Crippen molar-refractivity contribution in [2.24, 2.45) is 5.11 Å². The average Bonchev–Trinajstić information content (AvgIpc) is 2.57. The monoisotopic (exact) mass is 324 g/mol. The van der Waals surface area contributed by atoms with Crippen molar-refractivity contribution >= 4 is 34.3 Å². The fraction of sp³-hybridized carbons (Fsp3) is 0.200. The van der Waals surface area contributed by atoms with Gasteiger partial charge in [-0.1, -0.05) is 17.2 Å². The van der Waals surface area contributed by atoms with Crippen molar-refractivity contribution in [3.8, 4) is 0 Å². The molecule has 1 unspecified atom stereocenters. The normalized spacial score (nSPS) is 17.1. The highest BCUT2D eigenvalue weighted by atomic mass is 16.2. The van der Waals surface area contributed by atoms with E-state index < -0.39 is 17.9 Å². The molecule has 9 nitrogen and oxygen atoms in total. The molecule has 0 saturated carbocycles. The van der Waals surface area contributed by atoms with Gasteiger partial charge in [0.05, 0.1) is 11.1 Å². The molecule has 1 aliphatic rings. The lowest BCUT2D eigenvalue weighted by Crippen LogP contribution is -2.52. The predicted octanol–water partition coefficient (Wildman–Crippen LogP) is 1.71. The van der Waals surface area contributed by atoms with Crippen molar-refractivity contribution in [3.05, 3.63) is 46.5 Å². The van der Waals surface area contributed by atoms with Crippen LogP contribution in [-0.4, -0.2) is 28.7 Å². The minimum atomic E-state index is -0.772. The van der Waals surface area contributed by atoms with Crippen molar-refractivity contribution in [3.63, 3.8) is 0 Å². The number of azide groups is 1. The molecular weight excluding hydrogens is 312 g/mol. The number of para-hydroxylation sites is 1. The fourth-order valence-electron chi connectivity index (χ4n) is 2.55. The van der Waals surface area contributed by atoms with Crippen LogP contribution in [-0.2, 0) is 9.59 Å². The third-order valence-corrected chi connectivity index (χ3v) is 3.69. The number of piperidine rings is 1. The van der Waals surface area contributed by atoms with E-state index >= 15 is 0 Å². The van der Waals surface area contributed by atoms with Crippen molar-refractivity contribution in [2.45, 2.75) is 18.9 Å². The zero-order valence-corrected chi connectivity index (χ0v) is 12.4. The summed E-state index contributed by atoms with van der Waals surface area (Å²) >= 11 is 0. The van der Waals surface area contributed by atoms with Crippen LogP contribution in [0.15, 0.2) is 35.6 Å². The summed E-state index contributed by atoms with van der Waals surface area (Å²) < 4.78 is 0. The Morgan fingerprint density at radius 1 is 1.38 bits per heavy atom. The average molecular weight is 324 g/mol. The van der Waals surface area contributed by atoms with Crippen LogP contribution in [0.3, 0.4) is 0 Å². The van der Waals surface area contributed by atoms with Crippen molar-refractivity contribution in [2.75, 3.05) is 0 Å². The number of fused-ring (bicyclic) bond motifs is 1. The maximum atomic E-state index is 12.5. The summed E-state index contributed by atoms with van der Waals surface area (Å²) in [6, 6.07) is 5.67. The molecule has 9 heteroatoms. The highest BCUT2D eigenvalue weighted by molar-refractivity contribution is 6.09. The van der Waals surface area contributed by atoms with E-state index in [1.807, 2.05) is 0 Å². The molecule has 2 heterocycles. The van der Waals surface area contributed by atoms with E-state index in [1.165, 1.54) is 6.20 Å². The molecule has 0 spiro atoms. The Balaban J connectivity index is 1.93. The molecule has 0 aliphatic carbocycles. The molecule has 1 fully saturated rings. The van der Waals surface area contributed by atoms with E-state index in [1.54, 1.807) is 24.3 Å². The Hall–Kier alpha value is -3.45. The van der Waals surface area contributed by atoms with Gasteiger partial charge in [0, 0.05) is 28.6 Å². The topological polar surface area (TPSA) is 137 Å². The van der Waals surface area contributed by atoms with Crippen LogP contribution in [0.1, 0.15) is 23.2 Å². The van der Waals surface area contributed by atoms with E-state index in [9.17, 15) is 14.4 Å². The van der Waals surface area contributed by atoms with Gasteiger partial charge < -0.3 is 5.32 Å².